The number of benzene rings is 1. The van der Waals surface area contributed by atoms with Gasteiger partial charge in [-0.15, -0.1) is 0 Å². The molecule has 0 atom stereocenters. The van der Waals surface area contributed by atoms with E-state index in [2.05, 4.69) is 5.32 Å². The summed E-state index contributed by atoms with van der Waals surface area (Å²) in [4.78, 5) is 24.6. The quantitative estimate of drug-likeness (QED) is 0.664. The molecular formula is C14H21N3O3. The Morgan fingerprint density at radius 1 is 1.45 bits per heavy atom. The number of nitrogens with one attached hydrogen (secondary N) is 1. The second-order valence-electron chi connectivity index (χ2n) is 5.27. The normalized spacial score (nSPS) is 11.1. The standard InChI is InChI=1S/C14H21N3O3/c1-6-14(2,3)16(5)13(18)10-7-8-11(15-4)12(9-10)17(19)20/h7-9,15H,6H2,1-5H3. The largest absolute Gasteiger partial charge is 0.383 e. The van der Waals surface area contributed by atoms with E-state index in [9.17, 15) is 14.9 Å². The highest BCUT2D eigenvalue weighted by atomic mass is 16.6. The van der Waals surface area contributed by atoms with Crippen LogP contribution >= 0.6 is 0 Å². The summed E-state index contributed by atoms with van der Waals surface area (Å²) in [6.07, 6.45) is 0.798. The van der Waals surface area contributed by atoms with Gasteiger partial charge in [0.2, 0.25) is 0 Å². The number of anilines is 1. The second-order valence-corrected chi connectivity index (χ2v) is 5.27. The third-order valence-corrected chi connectivity index (χ3v) is 3.79. The number of amides is 1. The summed E-state index contributed by atoms with van der Waals surface area (Å²) in [5.41, 5.74) is 0.317. The van der Waals surface area contributed by atoms with Crippen molar-refractivity contribution < 1.29 is 9.72 Å². The molecule has 0 radical (unpaired) electrons. The Labute approximate surface area is 118 Å². The maximum atomic E-state index is 12.4. The first-order valence-electron chi connectivity index (χ1n) is 6.49. The van der Waals surface area contributed by atoms with E-state index in [0.29, 0.717) is 11.3 Å². The molecule has 0 aliphatic rings. The Kier molecular flexibility index (Phi) is 4.70. The molecule has 6 nitrogen and oxygen atoms in total. The molecular weight excluding hydrogens is 258 g/mol. The van der Waals surface area contributed by atoms with E-state index in [1.165, 1.54) is 6.07 Å². The van der Waals surface area contributed by atoms with Gasteiger partial charge in [-0.25, -0.2) is 0 Å². The van der Waals surface area contributed by atoms with Crippen LogP contribution in [0, 0.1) is 10.1 Å². The van der Waals surface area contributed by atoms with E-state index in [1.807, 2.05) is 20.8 Å². The molecule has 1 aromatic carbocycles. The number of carbonyl (C=O) groups is 1. The van der Waals surface area contributed by atoms with E-state index >= 15 is 0 Å². The van der Waals surface area contributed by atoms with Crippen LogP contribution in [-0.2, 0) is 0 Å². The summed E-state index contributed by atoms with van der Waals surface area (Å²) < 4.78 is 0. The minimum absolute atomic E-state index is 0.0962. The highest BCUT2D eigenvalue weighted by Gasteiger charge is 2.27. The molecule has 0 bridgehead atoms. The first-order valence-corrected chi connectivity index (χ1v) is 6.49. The Balaban J connectivity index is 3.18. The SMILES string of the molecule is CCC(C)(C)N(C)C(=O)c1ccc(NC)c([N+](=O)[O-])c1. The lowest BCUT2D eigenvalue weighted by molar-refractivity contribution is -0.384. The second kappa shape index (κ2) is 5.90. The Bertz CT molecular complexity index is 526. The van der Waals surface area contributed by atoms with Crippen LogP contribution in [0.25, 0.3) is 0 Å². The zero-order valence-electron chi connectivity index (χ0n) is 12.6. The van der Waals surface area contributed by atoms with Crippen molar-refractivity contribution in [3.63, 3.8) is 0 Å². The molecule has 110 valence electrons. The smallest absolute Gasteiger partial charge is 0.293 e. The zero-order chi connectivity index (χ0) is 15.5. The molecule has 0 aromatic heterocycles. The summed E-state index contributed by atoms with van der Waals surface area (Å²) >= 11 is 0. The lowest BCUT2D eigenvalue weighted by Crippen LogP contribution is -2.44. The average molecular weight is 279 g/mol. The minimum Gasteiger partial charge on any atom is -0.383 e. The van der Waals surface area contributed by atoms with E-state index < -0.39 is 4.92 Å². The van der Waals surface area contributed by atoms with Gasteiger partial charge >= 0.3 is 0 Å². The topological polar surface area (TPSA) is 75.5 Å². The summed E-state index contributed by atoms with van der Waals surface area (Å²) in [5, 5.41) is 13.8. The highest BCUT2D eigenvalue weighted by molar-refractivity contribution is 5.96. The summed E-state index contributed by atoms with van der Waals surface area (Å²) in [7, 11) is 3.32. The van der Waals surface area contributed by atoms with Crippen LogP contribution in [-0.4, -0.2) is 35.4 Å². The number of hydrogen-bond acceptors (Lipinski definition) is 4. The van der Waals surface area contributed by atoms with Gasteiger partial charge in [-0.3, -0.25) is 14.9 Å². The molecule has 0 unspecified atom stereocenters. The van der Waals surface area contributed by atoms with Gasteiger partial charge < -0.3 is 10.2 Å². The van der Waals surface area contributed by atoms with Crippen LogP contribution in [0.3, 0.4) is 0 Å². The monoisotopic (exact) mass is 279 g/mol. The summed E-state index contributed by atoms with van der Waals surface area (Å²) in [6, 6.07) is 4.47. The molecule has 0 spiro atoms. The van der Waals surface area contributed by atoms with Gasteiger partial charge in [0.05, 0.1) is 4.92 Å². The van der Waals surface area contributed by atoms with E-state index in [4.69, 9.17) is 0 Å². The molecule has 1 N–H and O–H groups in total. The molecule has 0 aliphatic heterocycles. The fourth-order valence-corrected chi connectivity index (χ4v) is 1.73. The average Bonchev–Trinajstić information content (AvgIpc) is 2.44. The Hall–Kier alpha value is -2.11. The van der Waals surface area contributed by atoms with E-state index in [-0.39, 0.29) is 17.1 Å². The summed E-state index contributed by atoms with van der Waals surface area (Å²) in [5.74, 6) is -0.220. The van der Waals surface area contributed by atoms with Crippen LogP contribution in [0.5, 0.6) is 0 Å². The van der Waals surface area contributed by atoms with Crippen LogP contribution in [0.2, 0.25) is 0 Å². The van der Waals surface area contributed by atoms with Crippen molar-refractivity contribution in [2.45, 2.75) is 32.7 Å². The molecule has 0 saturated heterocycles. The predicted octanol–water partition coefficient (Wildman–Crippen LogP) is 2.90. The molecule has 0 saturated carbocycles. The van der Waals surface area contributed by atoms with Gasteiger partial charge in [0.15, 0.2) is 0 Å². The molecule has 1 rings (SSSR count). The lowest BCUT2D eigenvalue weighted by Gasteiger charge is -2.34. The van der Waals surface area contributed by atoms with Gasteiger partial charge in [0, 0.05) is 31.3 Å². The number of rotatable bonds is 5. The molecule has 6 heteroatoms. The van der Waals surface area contributed by atoms with Crippen molar-refractivity contribution >= 4 is 17.3 Å². The highest BCUT2D eigenvalue weighted by Crippen LogP contribution is 2.27. The van der Waals surface area contributed by atoms with Gasteiger partial charge in [0.1, 0.15) is 5.69 Å². The van der Waals surface area contributed by atoms with Gasteiger partial charge in [-0.05, 0) is 32.4 Å². The van der Waals surface area contributed by atoms with Crippen LogP contribution in [0.4, 0.5) is 11.4 Å². The number of nitro benzene ring substituents is 1. The third-order valence-electron chi connectivity index (χ3n) is 3.79. The van der Waals surface area contributed by atoms with Gasteiger partial charge in [-0.1, -0.05) is 6.92 Å². The first kappa shape index (κ1) is 15.9. The fourth-order valence-electron chi connectivity index (χ4n) is 1.73. The van der Waals surface area contributed by atoms with Crippen molar-refractivity contribution in [3.05, 3.63) is 33.9 Å². The fraction of sp³-hybridized carbons (Fsp3) is 0.500. The maximum Gasteiger partial charge on any atom is 0.293 e. The predicted molar refractivity (Wildman–Crippen MR) is 79.1 cm³/mol. The minimum atomic E-state index is -0.492. The summed E-state index contributed by atoms with van der Waals surface area (Å²) in [6.45, 7) is 5.92. The molecule has 1 aromatic rings. The zero-order valence-corrected chi connectivity index (χ0v) is 12.6. The van der Waals surface area contributed by atoms with Crippen molar-refractivity contribution in [3.8, 4) is 0 Å². The maximum absolute atomic E-state index is 12.4. The van der Waals surface area contributed by atoms with Crippen molar-refractivity contribution in [1.29, 1.82) is 0 Å². The number of nitro groups is 1. The molecule has 0 heterocycles. The molecule has 20 heavy (non-hydrogen) atoms. The number of nitrogens with zero attached hydrogens (tertiary/aromatic N) is 2. The van der Waals surface area contributed by atoms with Gasteiger partial charge in [-0.2, -0.15) is 0 Å². The van der Waals surface area contributed by atoms with Crippen molar-refractivity contribution in [2.75, 3.05) is 19.4 Å². The van der Waals surface area contributed by atoms with E-state index in [1.54, 1.807) is 31.1 Å². The number of carbonyl (C=O) groups excluding carboxylic acids is 1. The van der Waals surface area contributed by atoms with E-state index in [0.717, 1.165) is 6.42 Å². The van der Waals surface area contributed by atoms with Gasteiger partial charge in [0.25, 0.3) is 11.6 Å². The molecule has 0 aliphatic carbocycles. The first-order chi connectivity index (χ1) is 9.24. The van der Waals surface area contributed by atoms with Crippen molar-refractivity contribution in [2.24, 2.45) is 0 Å². The van der Waals surface area contributed by atoms with Crippen LogP contribution in [0.1, 0.15) is 37.6 Å². The van der Waals surface area contributed by atoms with Crippen LogP contribution < -0.4 is 5.32 Å². The molecule has 0 fully saturated rings. The third kappa shape index (κ3) is 3.07. The Morgan fingerprint density at radius 2 is 2.05 bits per heavy atom. The lowest BCUT2D eigenvalue weighted by atomic mass is 9.98. The van der Waals surface area contributed by atoms with Crippen molar-refractivity contribution in [1.82, 2.24) is 4.90 Å². The Morgan fingerprint density at radius 3 is 2.50 bits per heavy atom. The molecule has 1 amide bonds. The van der Waals surface area contributed by atoms with Crippen LogP contribution in [0.15, 0.2) is 18.2 Å². The number of hydrogen-bond donors (Lipinski definition) is 1.